The fourth-order valence-electron chi connectivity index (χ4n) is 9.81. The molecule has 0 spiro atoms. The normalized spacial score (nSPS) is 21.9. The van der Waals surface area contributed by atoms with Crippen LogP contribution in [0.1, 0.15) is 72.9 Å². The van der Waals surface area contributed by atoms with Gasteiger partial charge in [0.2, 0.25) is 0 Å². The Morgan fingerprint density at radius 1 is 0.511 bits per heavy atom. The molecule has 230 valence electrons. The van der Waals surface area contributed by atoms with E-state index in [-0.39, 0.29) is 16.4 Å². The predicted molar refractivity (Wildman–Crippen MR) is 197 cm³/mol. The van der Waals surface area contributed by atoms with E-state index in [0.29, 0.717) is 0 Å². The Hall–Kier alpha value is -4.88. The second kappa shape index (κ2) is 10.3. The van der Waals surface area contributed by atoms with Crippen molar-refractivity contribution in [3.63, 3.8) is 0 Å². The van der Waals surface area contributed by atoms with Crippen LogP contribution in [0.4, 0.5) is 11.4 Å². The zero-order valence-corrected chi connectivity index (χ0v) is 27.6. The molecule has 0 amide bonds. The molecule has 0 radical (unpaired) electrons. The summed E-state index contributed by atoms with van der Waals surface area (Å²) in [6.45, 7) is 7.41. The summed E-state index contributed by atoms with van der Waals surface area (Å²) in [4.78, 5) is 2.70. The summed E-state index contributed by atoms with van der Waals surface area (Å²) in [5.74, 6) is 0. The molecule has 0 N–H and O–H groups in total. The van der Waals surface area contributed by atoms with Gasteiger partial charge in [0, 0.05) is 16.8 Å². The third kappa shape index (κ3) is 3.77. The van der Waals surface area contributed by atoms with Gasteiger partial charge in [-0.05, 0) is 113 Å². The molecule has 6 aromatic carbocycles. The number of benzene rings is 6. The van der Waals surface area contributed by atoms with Gasteiger partial charge in [0.25, 0.3) is 0 Å². The Kier molecular flexibility index (Phi) is 6.22. The first-order valence-corrected chi connectivity index (χ1v) is 17.3. The second-order valence-electron chi connectivity index (χ2n) is 14.5. The maximum atomic E-state index is 2.70. The summed E-state index contributed by atoms with van der Waals surface area (Å²) in [5.41, 5.74) is 16.0. The number of para-hydroxylation sites is 1. The fraction of sp³-hybridized carbons (Fsp3) is 0.217. The van der Waals surface area contributed by atoms with Crippen LogP contribution in [-0.2, 0) is 10.8 Å². The number of nitrogens with zero attached hydrogens (tertiary/aromatic N) is 1. The number of hydrogen-bond donors (Lipinski definition) is 0. The lowest BCUT2D eigenvalue weighted by atomic mass is 9.61. The summed E-state index contributed by atoms with van der Waals surface area (Å²) in [5, 5.41) is 0. The first kappa shape index (κ1) is 28.4. The molecule has 0 aromatic heterocycles. The number of fused-ring (bicyclic) bond motifs is 6. The summed E-state index contributed by atoms with van der Waals surface area (Å²) < 4.78 is 0. The standard InChI is InChI=1S/C46H41N/c1-32-29-34(31-42-43(32)47(37-21-11-6-12-22-37)45(3)28-16-15-27-44(42,45)2)33-25-26-41-39(30-33)38-23-13-14-24-40(38)46(41,35-17-7-4-8-18-35)36-19-9-5-10-20-36/h4-14,17-26,29-31H,15-16,27-28H2,1-3H3. The Morgan fingerprint density at radius 2 is 1.11 bits per heavy atom. The van der Waals surface area contributed by atoms with Crippen LogP contribution in [0.5, 0.6) is 0 Å². The fourth-order valence-corrected chi connectivity index (χ4v) is 9.81. The van der Waals surface area contributed by atoms with Crippen molar-refractivity contribution < 1.29 is 0 Å². The quantitative estimate of drug-likeness (QED) is 0.192. The smallest absolute Gasteiger partial charge is 0.0713 e. The Bertz CT molecular complexity index is 2090. The van der Waals surface area contributed by atoms with E-state index in [1.165, 1.54) is 92.7 Å². The maximum absolute atomic E-state index is 2.70. The first-order valence-electron chi connectivity index (χ1n) is 17.3. The summed E-state index contributed by atoms with van der Waals surface area (Å²) in [6.07, 6.45) is 4.99. The van der Waals surface area contributed by atoms with E-state index >= 15 is 0 Å². The molecule has 1 aliphatic heterocycles. The van der Waals surface area contributed by atoms with Crippen LogP contribution in [0.3, 0.4) is 0 Å². The van der Waals surface area contributed by atoms with Crippen LogP contribution < -0.4 is 4.90 Å². The lowest BCUT2D eigenvalue weighted by Gasteiger charge is -2.50. The monoisotopic (exact) mass is 607 g/mol. The van der Waals surface area contributed by atoms with Gasteiger partial charge in [-0.1, -0.05) is 135 Å². The average Bonchev–Trinajstić information content (AvgIpc) is 3.53. The van der Waals surface area contributed by atoms with Crippen LogP contribution in [0, 0.1) is 6.92 Å². The zero-order chi connectivity index (χ0) is 31.8. The average molecular weight is 608 g/mol. The molecule has 1 saturated carbocycles. The summed E-state index contributed by atoms with van der Waals surface area (Å²) in [7, 11) is 0. The SMILES string of the molecule is Cc1cc(-c2ccc3c(c2)-c2ccccc2C3(c2ccccc2)c2ccccc2)cc2c1N(c1ccccc1)C1(C)CCCCC21C. The van der Waals surface area contributed by atoms with Crippen LogP contribution in [-0.4, -0.2) is 5.54 Å². The van der Waals surface area contributed by atoms with Crippen molar-refractivity contribution in [2.45, 2.75) is 62.8 Å². The number of hydrogen-bond acceptors (Lipinski definition) is 1. The first-order chi connectivity index (χ1) is 23.0. The molecule has 2 atom stereocenters. The molecule has 2 unspecified atom stereocenters. The highest BCUT2D eigenvalue weighted by Crippen LogP contribution is 2.62. The van der Waals surface area contributed by atoms with Gasteiger partial charge >= 0.3 is 0 Å². The van der Waals surface area contributed by atoms with Crippen molar-refractivity contribution in [2.75, 3.05) is 4.90 Å². The summed E-state index contributed by atoms with van der Waals surface area (Å²) >= 11 is 0. The van der Waals surface area contributed by atoms with Crippen LogP contribution in [0.2, 0.25) is 0 Å². The van der Waals surface area contributed by atoms with Gasteiger partial charge in [-0.2, -0.15) is 0 Å². The van der Waals surface area contributed by atoms with Gasteiger partial charge in [-0.25, -0.2) is 0 Å². The van der Waals surface area contributed by atoms with Crippen LogP contribution in [0.25, 0.3) is 22.3 Å². The molecular weight excluding hydrogens is 567 g/mol. The highest BCUT2D eigenvalue weighted by Gasteiger charge is 2.58. The van der Waals surface area contributed by atoms with Gasteiger partial charge in [0.05, 0.1) is 11.0 Å². The molecule has 1 heterocycles. The van der Waals surface area contributed by atoms with E-state index in [1.54, 1.807) is 0 Å². The van der Waals surface area contributed by atoms with Crippen LogP contribution in [0.15, 0.2) is 146 Å². The van der Waals surface area contributed by atoms with E-state index in [1.807, 2.05) is 0 Å². The van der Waals surface area contributed by atoms with E-state index < -0.39 is 0 Å². The molecule has 3 aliphatic rings. The van der Waals surface area contributed by atoms with Crippen molar-refractivity contribution in [1.82, 2.24) is 0 Å². The van der Waals surface area contributed by atoms with Crippen LogP contribution >= 0.6 is 0 Å². The van der Waals surface area contributed by atoms with Crippen molar-refractivity contribution in [1.29, 1.82) is 0 Å². The topological polar surface area (TPSA) is 3.24 Å². The van der Waals surface area contributed by atoms with Crippen molar-refractivity contribution in [3.8, 4) is 22.3 Å². The molecule has 1 nitrogen and oxygen atoms in total. The van der Waals surface area contributed by atoms with Crippen molar-refractivity contribution >= 4 is 11.4 Å². The number of rotatable bonds is 4. The minimum absolute atomic E-state index is 0.0418. The molecule has 1 fully saturated rings. The second-order valence-corrected chi connectivity index (χ2v) is 14.5. The van der Waals surface area contributed by atoms with Gasteiger partial charge < -0.3 is 4.90 Å². The molecule has 2 aliphatic carbocycles. The highest BCUT2D eigenvalue weighted by molar-refractivity contribution is 5.90. The maximum Gasteiger partial charge on any atom is 0.0713 e. The lowest BCUT2D eigenvalue weighted by Crippen LogP contribution is -2.54. The Balaban J connectivity index is 1.26. The molecule has 9 rings (SSSR count). The highest BCUT2D eigenvalue weighted by atomic mass is 15.3. The molecule has 1 heteroatoms. The Labute approximate surface area is 279 Å². The third-order valence-corrected chi connectivity index (χ3v) is 12.2. The molecule has 47 heavy (non-hydrogen) atoms. The van der Waals surface area contributed by atoms with Crippen molar-refractivity contribution in [2.24, 2.45) is 0 Å². The molecular formula is C46H41N. The molecule has 0 saturated heterocycles. The number of aryl methyl sites for hydroxylation is 1. The zero-order valence-electron chi connectivity index (χ0n) is 27.6. The third-order valence-electron chi connectivity index (χ3n) is 12.2. The predicted octanol–water partition coefficient (Wildman–Crippen LogP) is 11.8. The van der Waals surface area contributed by atoms with Crippen molar-refractivity contribution in [3.05, 3.63) is 179 Å². The molecule has 6 aromatic rings. The lowest BCUT2D eigenvalue weighted by molar-refractivity contribution is 0.195. The minimum Gasteiger partial charge on any atom is -0.334 e. The largest absolute Gasteiger partial charge is 0.334 e. The Morgan fingerprint density at radius 3 is 1.81 bits per heavy atom. The van der Waals surface area contributed by atoms with E-state index in [4.69, 9.17) is 0 Å². The summed E-state index contributed by atoms with van der Waals surface area (Å²) in [6, 6.07) is 54.7. The van der Waals surface area contributed by atoms with E-state index in [0.717, 1.165) is 0 Å². The van der Waals surface area contributed by atoms with Gasteiger partial charge in [-0.3, -0.25) is 0 Å². The van der Waals surface area contributed by atoms with E-state index in [2.05, 4.69) is 171 Å². The van der Waals surface area contributed by atoms with Gasteiger partial charge in [0.15, 0.2) is 0 Å². The van der Waals surface area contributed by atoms with E-state index in [9.17, 15) is 0 Å². The number of anilines is 2. The minimum atomic E-state index is -0.367. The molecule has 0 bridgehead atoms. The van der Waals surface area contributed by atoms with Gasteiger partial charge in [-0.15, -0.1) is 0 Å². The van der Waals surface area contributed by atoms with Gasteiger partial charge in [0.1, 0.15) is 0 Å².